The number of hydrogen-bond acceptors (Lipinski definition) is 0. The van der Waals surface area contributed by atoms with E-state index >= 15 is 0 Å². The first kappa shape index (κ1) is 19.3. The summed E-state index contributed by atoms with van der Waals surface area (Å²) in [7, 11) is 6.36. The Bertz CT molecular complexity index is 204. The SMILES string of the molecule is [PH3+]CC1CC1.[PH3+]CC1CCCC1.[PH3+]CC1CCCCC1. The lowest BCUT2D eigenvalue weighted by Gasteiger charge is -2.16. The molecule has 0 aromatic carbocycles. The maximum atomic E-state index is 2.14. The maximum Gasteiger partial charge on any atom is 0.0554 e. The van der Waals surface area contributed by atoms with Gasteiger partial charge in [0.1, 0.15) is 0 Å². The molecular formula is C17H40P3+3. The van der Waals surface area contributed by atoms with Gasteiger partial charge in [0.2, 0.25) is 0 Å². The Morgan fingerprint density at radius 1 is 0.450 bits per heavy atom. The van der Waals surface area contributed by atoms with Crippen molar-refractivity contribution >= 4 is 27.7 Å². The van der Waals surface area contributed by atoms with Crippen LogP contribution < -0.4 is 0 Å². The summed E-state index contributed by atoms with van der Waals surface area (Å²) in [5.41, 5.74) is 0. The molecule has 0 amide bonds. The second-order valence-electron chi connectivity index (χ2n) is 6.96. The van der Waals surface area contributed by atoms with Gasteiger partial charge in [-0.3, -0.25) is 0 Å². The van der Waals surface area contributed by atoms with Gasteiger partial charge >= 0.3 is 0 Å². The first-order chi connectivity index (χ1) is 9.80. The molecule has 0 saturated heterocycles. The largest absolute Gasteiger partial charge is 0.0554 e. The topological polar surface area (TPSA) is 0 Å². The zero-order chi connectivity index (χ0) is 14.6. The van der Waals surface area contributed by atoms with Gasteiger partial charge in [-0.2, -0.15) is 0 Å². The first-order valence-electron chi connectivity index (χ1n) is 9.17. The molecule has 3 unspecified atom stereocenters. The molecule has 3 fully saturated rings. The van der Waals surface area contributed by atoms with Crippen LogP contribution in [0.5, 0.6) is 0 Å². The van der Waals surface area contributed by atoms with E-state index in [1.165, 1.54) is 89.1 Å². The molecule has 0 N–H and O–H groups in total. The Balaban J connectivity index is 0.000000154. The van der Waals surface area contributed by atoms with Crippen LogP contribution in [0.25, 0.3) is 0 Å². The van der Waals surface area contributed by atoms with E-state index in [4.69, 9.17) is 0 Å². The summed E-state index contributed by atoms with van der Waals surface area (Å²) in [6.45, 7) is 0. The summed E-state index contributed by atoms with van der Waals surface area (Å²) < 4.78 is 0. The van der Waals surface area contributed by atoms with Crippen molar-refractivity contribution in [2.75, 3.05) is 18.5 Å². The van der Waals surface area contributed by atoms with Crippen LogP contribution in [0, 0.1) is 17.8 Å². The van der Waals surface area contributed by atoms with Crippen LogP contribution in [-0.4, -0.2) is 18.5 Å². The summed E-state index contributed by atoms with van der Waals surface area (Å²) in [6.07, 6.45) is 20.9. The molecule has 0 bridgehead atoms. The molecule has 3 heteroatoms. The molecule has 0 nitrogen and oxygen atoms in total. The zero-order valence-electron chi connectivity index (χ0n) is 13.8. The van der Waals surface area contributed by atoms with Gasteiger partial charge < -0.3 is 0 Å². The molecule has 0 radical (unpaired) electrons. The van der Waals surface area contributed by atoms with Gasteiger partial charge in [-0.15, -0.1) is 0 Å². The fourth-order valence-electron chi connectivity index (χ4n) is 3.18. The van der Waals surface area contributed by atoms with Crippen molar-refractivity contribution in [2.24, 2.45) is 17.8 Å². The molecule has 3 aliphatic rings. The highest BCUT2D eigenvalue weighted by atomic mass is 31.0. The molecule has 0 spiro atoms. The molecule has 0 aromatic rings. The van der Waals surface area contributed by atoms with Crippen molar-refractivity contribution < 1.29 is 0 Å². The second-order valence-corrected chi connectivity index (χ2v) is 8.70. The minimum Gasteiger partial charge on any atom is -0.0533 e. The Hall–Kier alpha value is 1.29. The molecule has 3 aliphatic carbocycles. The Morgan fingerprint density at radius 3 is 0.950 bits per heavy atom. The minimum absolute atomic E-state index is 1.10. The molecule has 3 rings (SSSR count). The predicted octanol–water partition coefficient (Wildman–Crippen LogP) is 4.96. The lowest BCUT2D eigenvalue weighted by atomic mass is 9.91. The van der Waals surface area contributed by atoms with Gasteiger partial charge in [0.05, 0.1) is 18.5 Å². The Kier molecular flexibility index (Phi) is 12.4. The maximum absolute atomic E-state index is 2.14. The van der Waals surface area contributed by atoms with E-state index in [0.717, 1.165) is 17.8 Å². The van der Waals surface area contributed by atoms with Gasteiger partial charge in [-0.1, -0.05) is 32.1 Å². The average molecular weight is 337 g/mol. The highest BCUT2D eigenvalue weighted by molar-refractivity contribution is 7.16. The van der Waals surface area contributed by atoms with Gasteiger partial charge in [0.25, 0.3) is 0 Å². The van der Waals surface area contributed by atoms with E-state index in [9.17, 15) is 0 Å². The molecule has 0 heterocycles. The second kappa shape index (κ2) is 12.8. The monoisotopic (exact) mass is 337 g/mol. The zero-order valence-corrected chi connectivity index (χ0v) is 18.0. The van der Waals surface area contributed by atoms with Gasteiger partial charge in [-0.25, -0.2) is 0 Å². The standard InChI is InChI=1S/C7H15P.C6H13P.C4H9P/c8-6-7-4-2-1-3-5-7;7-5-6-3-1-2-4-6;5-3-4-1-2-4/h7H,1-6,8H2;6H,1-5,7H2;4H,1-3,5H2/p+3. The smallest absolute Gasteiger partial charge is 0.0533 e. The molecule has 120 valence electrons. The summed E-state index contributed by atoms with van der Waals surface area (Å²) in [5.74, 6) is 3.36. The van der Waals surface area contributed by atoms with Crippen LogP contribution in [-0.2, 0) is 0 Å². The van der Waals surface area contributed by atoms with Gasteiger partial charge in [0, 0.05) is 0 Å². The highest BCUT2D eigenvalue weighted by Crippen LogP contribution is 2.30. The fraction of sp³-hybridized carbons (Fsp3) is 1.00. The fourth-order valence-corrected chi connectivity index (χ4v) is 4.91. The van der Waals surface area contributed by atoms with Crippen LogP contribution in [0.1, 0.15) is 70.6 Å². The Morgan fingerprint density at radius 2 is 0.750 bits per heavy atom. The third-order valence-corrected chi connectivity index (χ3v) is 7.57. The summed E-state index contributed by atoms with van der Waals surface area (Å²) in [6, 6.07) is 0. The normalized spacial score (nSPS) is 24.0. The Labute approximate surface area is 135 Å². The van der Waals surface area contributed by atoms with Crippen molar-refractivity contribution in [3.05, 3.63) is 0 Å². The predicted molar refractivity (Wildman–Crippen MR) is 109 cm³/mol. The summed E-state index contributed by atoms with van der Waals surface area (Å²) in [4.78, 5) is 0. The number of rotatable bonds is 3. The van der Waals surface area contributed by atoms with Gasteiger partial charge in [0.15, 0.2) is 0 Å². The van der Waals surface area contributed by atoms with E-state index in [2.05, 4.69) is 27.7 Å². The van der Waals surface area contributed by atoms with Crippen LogP contribution in [0.3, 0.4) is 0 Å². The van der Waals surface area contributed by atoms with E-state index in [0.29, 0.717) is 0 Å². The lowest BCUT2D eigenvalue weighted by Crippen LogP contribution is -2.06. The van der Waals surface area contributed by atoms with Crippen molar-refractivity contribution in [2.45, 2.75) is 70.6 Å². The van der Waals surface area contributed by atoms with E-state index in [-0.39, 0.29) is 0 Å². The molecule has 3 saturated carbocycles. The van der Waals surface area contributed by atoms with E-state index in [1.54, 1.807) is 0 Å². The van der Waals surface area contributed by atoms with Crippen molar-refractivity contribution in [3.63, 3.8) is 0 Å². The third kappa shape index (κ3) is 10.1. The van der Waals surface area contributed by atoms with E-state index in [1.807, 2.05) is 0 Å². The van der Waals surface area contributed by atoms with Crippen LogP contribution in [0.2, 0.25) is 0 Å². The van der Waals surface area contributed by atoms with Crippen molar-refractivity contribution in [1.82, 2.24) is 0 Å². The third-order valence-electron chi connectivity index (χ3n) is 5.12. The van der Waals surface area contributed by atoms with E-state index < -0.39 is 0 Å². The minimum atomic E-state index is 1.10. The van der Waals surface area contributed by atoms with Crippen molar-refractivity contribution in [1.29, 1.82) is 0 Å². The summed E-state index contributed by atoms with van der Waals surface area (Å²) >= 11 is 0. The summed E-state index contributed by atoms with van der Waals surface area (Å²) in [5, 5.41) is 0. The molecule has 0 aromatic heterocycles. The van der Waals surface area contributed by atoms with Crippen LogP contribution in [0.15, 0.2) is 0 Å². The molecule has 20 heavy (non-hydrogen) atoms. The van der Waals surface area contributed by atoms with Gasteiger partial charge in [-0.05, 0) is 84.0 Å². The highest BCUT2D eigenvalue weighted by Gasteiger charge is 2.20. The molecule has 0 aliphatic heterocycles. The average Bonchev–Trinajstić information content (AvgIpc) is 3.23. The van der Waals surface area contributed by atoms with Crippen molar-refractivity contribution in [3.8, 4) is 0 Å². The van der Waals surface area contributed by atoms with Crippen LogP contribution >= 0.6 is 27.7 Å². The first-order valence-corrected chi connectivity index (χ1v) is 12.2. The quantitative estimate of drug-likeness (QED) is 0.639. The molecular weight excluding hydrogens is 297 g/mol. The lowest BCUT2D eigenvalue weighted by molar-refractivity contribution is 0.391. The molecule has 3 atom stereocenters. The number of hydrogen-bond donors (Lipinski definition) is 0. The van der Waals surface area contributed by atoms with Crippen LogP contribution in [0.4, 0.5) is 0 Å².